The second-order valence-electron chi connectivity index (χ2n) is 7.30. The molecular formula is C21H19N7O8. The second-order valence-corrected chi connectivity index (χ2v) is 7.30. The molecule has 1 atom stereocenters. The lowest BCUT2D eigenvalue weighted by atomic mass is 9.98. The Balaban J connectivity index is 2.14. The molecule has 1 amide bonds. The van der Waals surface area contributed by atoms with Crippen LogP contribution in [0.25, 0.3) is 11.0 Å². The number of nitro groups is 2. The van der Waals surface area contributed by atoms with Crippen LogP contribution in [0.1, 0.15) is 17.2 Å². The summed E-state index contributed by atoms with van der Waals surface area (Å²) in [6.45, 7) is 1.59. The van der Waals surface area contributed by atoms with Gasteiger partial charge in [-0.15, -0.1) is 0 Å². The van der Waals surface area contributed by atoms with Gasteiger partial charge >= 0.3 is 5.97 Å². The lowest BCUT2D eigenvalue weighted by Crippen LogP contribution is -2.38. The molecule has 0 saturated carbocycles. The van der Waals surface area contributed by atoms with Crippen LogP contribution >= 0.6 is 0 Å². The molecule has 3 N–H and O–H groups in total. The lowest BCUT2D eigenvalue weighted by molar-refractivity contribution is -0.384. The van der Waals surface area contributed by atoms with Crippen molar-refractivity contribution in [2.24, 2.45) is 5.10 Å². The van der Waals surface area contributed by atoms with E-state index in [1.807, 2.05) is 0 Å². The number of hydrogen-bond acceptors (Lipinski definition) is 11. The van der Waals surface area contributed by atoms with Crippen molar-refractivity contribution in [1.82, 2.24) is 15.4 Å². The number of hydrazone groups is 1. The first-order chi connectivity index (χ1) is 17.1. The van der Waals surface area contributed by atoms with E-state index in [1.165, 1.54) is 31.3 Å². The number of benzene rings is 2. The summed E-state index contributed by atoms with van der Waals surface area (Å²) in [6, 6.07) is 7.33. The number of non-ortho nitro benzene ring substituents is 2. The minimum absolute atomic E-state index is 0.0218. The molecule has 0 saturated heterocycles. The van der Waals surface area contributed by atoms with Crippen LogP contribution in [0.15, 0.2) is 46.3 Å². The van der Waals surface area contributed by atoms with Gasteiger partial charge < -0.3 is 20.5 Å². The molecule has 0 aliphatic rings. The molecule has 0 aliphatic carbocycles. The maximum absolute atomic E-state index is 13.2. The largest absolute Gasteiger partial charge is 0.468 e. The summed E-state index contributed by atoms with van der Waals surface area (Å²) in [5, 5.41) is 28.6. The van der Waals surface area contributed by atoms with Crippen LogP contribution < -0.4 is 16.3 Å². The third-order valence-electron chi connectivity index (χ3n) is 5.04. The van der Waals surface area contributed by atoms with Crippen molar-refractivity contribution in [3.05, 3.63) is 78.2 Å². The number of carbonyl (C=O) groups is 2. The molecule has 0 aliphatic heterocycles. The molecule has 0 radical (unpaired) electrons. The van der Waals surface area contributed by atoms with Crippen molar-refractivity contribution in [2.75, 3.05) is 19.5 Å². The summed E-state index contributed by atoms with van der Waals surface area (Å²) in [6.07, 6.45) is 0. The molecule has 15 nitrogen and oxygen atoms in total. The third-order valence-corrected chi connectivity index (χ3v) is 5.04. The standard InChI is InChI=1S/C21H19N7O8/c1-10-4-5-11(27(32)33)8-14(10)25-20(30)18(26-22-2)16(21(31)36-3)17-19(29)24-13-7-6-12(28(34)35)9-15(13)23-17/h4-9,16,22H,1-3H3,(H,24,29)(H,25,30)/b26-18+/t16-/m0/s1. The van der Waals surface area contributed by atoms with Gasteiger partial charge in [-0.3, -0.25) is 34.6 Å². The number of hydrogen-bond donors (Lipinski definition) is 3. The molecule has 186 valence electrons. The van der Waals surface area contributed by atoms with Crippen molar-refractivity contribution in [2.45, 2.75) is 12.8 Å². The summed E-state index contributed by atoms with van der Waals surface area (Å²) in [7, 11) is 2.36. The fraction of sp³-hybridized carbons (Fsp3) is 0.190. The molecule has 2 aromatic carbocycles. The molecule has 36 heavy (non-hydrogen) atoms. The quantitative estimate of drug-likeness (QED) is 0.177. The number of aromatic nitrogens is 2. The second kappa shape index (κ2) is 10.4. The van der Waals surface area contributed by atoms with E-state index in [0.717, 1.165) is 19.2 Å². The predicted molar refractivity (Wildman–Crippen MR) is 127 cm³/mol. The van der Waals surface area contributed by atoms with Crippen LogP contribution in [0.2, 0.25) is 0 Å². The van der Waals surface area contributed by atoms with Crippen LogP contribution in [-0.4, -0.2) is 51.6 Å². The Morgan fingerprint density at radius 2 is 1.75 bits per heavy atom. The first-order valence-electron chi connectivity index (χ1n) is 10.1. The molecule has 15 heteroatoms. The normalized spacial score (nSPS) is 12.0. The first-order valence-corrected chi connectivity index (χ1v) is 10.1. The van der Waals surface area contributed by atoms with Gasteiger partial charge in [0.1, 0.15) is 11.4 Å². The monoisotopic (exact) mass is 497 g/mol. The van der Waals surface area contributed by atoms with Crippen molar-refractivity contribution in [3.8, 4) is 0 Å². The SMILES string of the molecule is CN/N=C(/C(=O)Nc1cc([N+](=O)[O-])ccc1C)[C@@H](C(=O)OC)c1nc2cc([N+](=O)[O-])ccc2[nH]c1=O. The van der Waals surface area contributed by atoms with Crippen molar-refractivity contribution < 1.29 is 24.2 Å². The molecule has 0 bridgehead atoms. The summed E-state index contributed by atoms with van der Waals surface area (Å²) < 4.78 is 4.78. The Morgan fingerprint density at radius 3 is 2.36 bits per heavy atom. The van der Waals surface area contributed by atoms with E-state index >= 15 is 0 Å². The number of rotatable bonds is 8. The topological polar surface area (TPSA) is 212 Å². The number of nitrogens with one attached hydrogen (secondary N) is 3. The number of nitrogens with zero attached hydrogens (tertiary/aromatic N) is 4. The zero-order chi connectivity index (χ0) is 26.6. The molecule has 0 fully saturated rings. The van der Waals surface area contributed by atoms with Gasteiger partial charge in [-0.1, -0.05) is 6.07 Å². The maximum atomic E-state index is 13.2. The number of anilines is 1. The van der Waals surface area contributed by atoms with Crippen molar-refractivity contribution in [3.63, 3.8) is 0 Å². The number of esters is 1. The van der Waals surface area contributed by atoms with Crippen molar-refractivity contribution in [1.29, 1.82) is 0 Å². The van der Waals surface area contributed by atoms with E-state index in [2.05, 4.69) is 25.8 Å². The molecule has 0 unspecified atom stereocenters. The fourth-order valence-electron chi connectivity index (χ4n) is 3.28. The van der Waals surface area contributed by atoms with Gasteiger partial charge in [0, 0.05) is 31.3 Å². The number of fused-ring (bicyclic) bond motifs is 1. The van der Waals surface area contributed by atoms with Gasteiger partial charge in [-0.25, -0.2) is 4.98 Å². The van der Waals surface area contributed by atoms with Gasteiger partial charge in [0.15, 0.2) is 5.92 Å². The van der Waals surface area contributed by atoms with Gasteiger partial charge in [0.05, 0.1) is 33.7 Å². The summed E-state index contributed by atoms with van der Waals surface area (Å²) >= 11 is 0. The maximum Gasteiger partial charge on any atom is 0.321 e. The van der Waals surface area contributed by atoms with Crippen LogP contribution in [0.5, 0.6) is 0 Å². The minimum Gasteiger partial charge on any atom is -0.468 e. The van der Waals surface area contributed by atoms with Gasteiger partial charge in [0.25, 0.3) is 22.8 Å². The number of ether oxygens (including phenoxy) is 1. The highest BCUT2D eigenvalue weighted by atomic mass is 16.6. The number of H-pyrrole nitrogens is 1. The van der Waals surface area contributed by atoms with E-state index in [4.69, 9.17) is 4.74 Å². The smallest absolute Gasteiger partial charge is 0.321 e. The number of aryl methyl sites for hydroxylation is 1. The number of carbonyl (C=O) groups excluding carboxylic acids is 2. The summed E-state index contributed by atoms with van der Waals surface area (Å²) in [4.78, 5) is 66.3. The van der Waals surface area contributed by atoms with Gasteiger partial charge in [0.2, 0.25) is 0 Å². The van der Waals surface area contributed by atoms with Crippen LogP contribution in [-0.2, 0) is 14.3 Å². The molecular weight excluding hydrogens is 478 g/mol. The zero-order valence-corrected chi connectivity index (χ0v) is 19.1. The Labute approximate surface area is 201 Å². The molecule has 3 aromatic rings. The number of nitro benzene ring substituents is 2. The highest BCUT2D eigenvalue weighted by molar-refractivity contribution is 6.47. The Bertz CT molecular complexity index is 1480. The van der Waals surface area contributed by atoms with Gasteiger partial charge in [-0.05, 0) is 18.6 Å². The Hall–Kier alpha value is -5.21. The predicted octanol–water partition coefficient (Wildman–Crippen LogP) is 1.52. The number of methoxy groups -OCH3 is 1. The van der Waals surface area contributed by atoms with Gasteiger partial charge in [-0.2, -0.15) is 5.10 Å². The third kappa shape index (κ3) is 5.14. The van der Waals surface area contributed by atoms with Crippen molar-refractivity contribution >= 4 is 45.7 Å². The average molecular weight is 497 g/mol. The lowest BCUT2D eigenvalue weighted by Gasteiger charge is -2.17. The summed E-state index contributed by atoms with van der Waals surface area (Å²) in [5.74, 6) is -3.81. The molecule has 1 heterocycles. The van der Waals surface area contributed by atoms with E-state index in [0.29, 0.717) is 5.56 Å². The molecule has 3 rings (SSSR count). The average Bonchev–Trinajstić information content (AvgIpc) is 2.84. The molecule has 0 spiro atoms. The van der Waals surface area contributed by atoms with Crippen LogP contribution in [0.4, 0.5) is 17.1 Å². The zero-order valence-electron chi connectivity index (χ0n) is 19.1. The van der Waals surface area contributed by atoms with E-state index in [9.17, 15) is 34.6 Å². The Kier molecular flexibility index (Phi) is 7.32. The van der Waals surface area contributed by atoms with E-state index in [-0.39, 0.29) is 28.1 Å². The highest BCUT2D eigenvalue weighted by Gasteiger charge is 2.36. The number of amides is 1. The van der Waals surface area contributed by atoms with E-state index in [1.54, 1.807) is 6.92 Å². The van der Waals surface area contributed by atoms with E-state index < -0.39 is 44.6 Å². The molecule has 1 aromatic heterocycles. The fourth-order valence-corrected chi connectivity index (χ4v) is 3.28. The van der Waals surface area contributed by atoms with Crippen LogP contribution in [0.3, 0.4) is 0 Å². The van der Waals surface area contributed by atoms with Crippen LogP contribution in [0, 0.1) is 27.2 Å². The Morgan fingerprint density at radius 1 is 1.11 bits per heavy atom. The highest BCUT2D eigenvalue weighted by Crippen LogP contribution is 2.24. The summed E-state index contributed by atoms with van der Waals surface area (Å²) in [5.41, 5.74) is 0.525. The first kappa shape index (κ1) is 25.4. The number of aromatic amines is 1. The minimum atomic E-state index is -1.76.